The van der Waals surface area contributed by atoms with Gasteiger partial charge in [0.1, 0.15) is 0 Å². The van der Waals surface area contributed by atoms with Crippen molar-refractivity contribution in [2.45, 2.75) is 11.8 Å². The number of ketones is 1. The van der Waals surface area contributed by atoms with E-state index in [1.165, 1.54) is 19.1 Å². The van der Waals surface area contributed by atoms with E-state index in [-0.39, 0.29) is 5.78 Å². The number of hydrogen-bond donors (Lipinski definition) is 0. The fourth-order valence-corrected chi connectivity index (χ4v) is 1.42. The Hall–Kier alpha value is -1.43. The van der Waals surface area contributed by atoms with Crippen molar-refractivity contribution >= 4 is 17.8 Å². The van der Waals surface area contributed by atoms with Crippen LogP contribution < -0.4 is 0 Å². The molecule has 0 unspecified atom stereocenters. The molecule has 0 aliphatic rings. The maximum Gasteiger partial charge on any atom is 0.351 e. The molecular formula is C10H7F3O2S. The number of carbonyl (C=O) groups excluding carboxylic acids is 1. The average molecular weight is 248 g/mol. The molecule has 1 aromatic carbocycles. The minimum Gasteiger partial charge on any atom is -0.387 e. The molecule has 0 atom stereocenters. The standard InChI is InChI=1S/C10H7F3O2S/c1-6(14)7-3-2-4-8(5-7)16-15-10(13)9(11)12/h2-5H,1H3. The molecule has 16 heavy (non-hydrogen) atoms. The van der Waals surface area contributed by atoms with Gasteiger partial charge < -0.3 is 4.18 Å². The minimum absolute atomic E-state index is 0.171. The first-order valence-electron chi connectivity index (χ1n) is 4.17. The van der Waals surface area contributed by atoms with E-state index in [2.05, 4.69) is 4.18 Å². The molecule has 6 heteroatoms. The zero-order chi connectivity index (χ0) is 12.1. The Bertz CT molecular complexity index is 428. The van der Waals surface area contributed by atoms with Crippen molar-refractivity contribution in [3.05, 3.63) is 41.9 Å². The zero-order valence-electron chi connectivity index (χ0n) is 8.17. The van der Waals surface area contributed by atoms with Gasteiger partial charge >= 0.3 is 12.1 Å². The summed E-state index contributed by atoms with van der Waals surface area (Å²) in [6, 6.07) is 4.12. The Kier molecular flexibility index (Phi) is 4.42. The van der Waals surface area contributed by atoms with E-state index in [9.17, 15) is 18.0 Å². The van der Waals surface area contributed by atoms with Gasteiger partial charge in [-0.25, -0.2) is 0 Å². The third kappa shape index (κ3) is 3.62. The van der Waals surface area contributed by atoms with Gasteiger partial charge in [-0.05, 0) is 19.1 Å². The lowest BCUT2D eigenvalue weighted by Crippen LogP contribution is -1.91. The third-order valence-corrected chi connectivity index (χ3v) is 2.28. The van der Waals surface area contributed by atoms with Crippen LogP contribution in [-0.2, 0) is 4.18 Å². The van der Waals surface area contributed by atoms with Crippen molar-refractivity contribution < 1.29 is 22.1 Å². The number of Topliss-reactive ketones (excluding diaryl/α,β-unsaturated/α-hetero) is 1. The van der Waals surface area contributed by atoms with Gasteiger partial charge in [0.2, 0.25) is 0 Å². The first kappa shape index (κ1) is 12.6. The highest BCUT2D eigenvalue weighted by Crippen LogP contribution is 2.25. The summed E-state index contributed by atoms with van der Waals surface area (Å²) in [6.07, 6.45) is -2.52. The maximum absolute atomic E-state index is 12.3. The highest BCUT2D eigenvalue weighted by molar-refractivity contribution is 7.94. The Labute approximate surface area is 94.3 Å². The molecule has 0 heterocycles. The maximum atomic E-state index is 12.3. The fourth-order valence-electron chi connectivity index (χ4n) is 0.883. The predicted molar refractivity (Wildman–Crippen MR) is 53.7 cm³/mol. The van der Waals surface area contributed by atoms with E-state index in [1.807, 2.05) is 0 Å². The van der Waals surface area contributed by atoms with Crippen molar-refractivity contribution in [1.29, 1.82) is 0 Å². The molecule has 2 nitrogen and oxygen atoms in total. The normalized spacial score (nSPS) is 9.75. The molecular weight excluding hydrogens is 241 g/mol. The van der Waals surface area contributed by atoms with Gasteiger partial charge in [0.15, 0.2) is 5.78 Å². The van der Waals surface area contributed by atoms with Crippen LogP contribution in [-0.4, -0.2) is 5.78 Å². The molecule has 0 saturated heterocycles. The van der Waals surface area contributed by atoms with Crippen LogP contribution >= 0.6 is 12.0 Å². The average Bonchev–Trinajstić information content (AvgIpc) is 2.26. The zero-order valence-corrected chi connectivity index (χ0v) is 8.98. The third-order valence-electron chi connectivity index (χ3n) is 1.60. The predicted octanol–water partition coefficient (Wildman–Crippen LogP) is 3.95. The van der Waals surface area contributed by atoms with E-state index in [4.69, 9.17) is 0 Å². The van der Waals surface area contributed by atoms with Gasteiger partial charge in [-0.3, -0.25) is 4.79 Å². The van der Waals surface area contributed by atoms with Crippen molar-refractivity contribution in [2.24, 2.45) is 0 Å². The summed E-state index contributed by atoms with van der Waals surface area (Å²) in [5, 5.41) is 0. The van der Waals surface area contributed by atoms with Crippen LogP contribution in [0, 0.1) is 0 Å². The molecule has 0 spiro atoms. The molecule has 0 radical (unpaired) electrons. The molecule has 86 valence electrons. The summed E-state index contributed by atoms with van der Waals surface area (Å²) in [4.78, 5) is 11.4. The highest BCUT2D eigenvalue weighted by Gasteiger charge is 2.08. The number of benzene rings is 1. The summed E-state index contributed by atoms with van der Waals surface area (Å²) in [6.45, 7) is 1.37. The van der Waals surface area contributed by atoms with Crippen molar-refractivity contribution in [3.8, 4) is 0 Å². The lowest BCUT2D eigenvalue weighted by Gasteiger charge is -2.01. The molecule has 0 aliphatic heterocycles. The molecule has 1 rings (SSSR count). The summed E-state index contributed by atoms with van der Waals surface area (Å²) < 4.78 is 39.7. The van der Waals surface area contributed by atoms with Crippen LogP contribution in [0.1, 0.15) is 17.3 Å². The number of halogens is 3. The van der Waals surface area contributed by atoms with E-state index >= 15 is 0 Å². The quantitative estimate of drug-likeness (QED) is 0.458. The summed E-state index contributed by atoms with van der Waals surface area (Å²) in [5.74, 6) is -0.171. The topological polar surface area (TPSA) is 26.3 Å². The van der Waals surface area contributed by atoms with Gasteiger partial charge in [-0.2, -0.15) is 13.2 Å². The summed E-state index contributed by atoms with van der Waals surface area (Å²) in [5.41, 5.74) is 0.402. The van der Waals surface area contributed by atoms with Gasteiger partial charge in [0, 0.05) is 10.5 Å². The number of rotatable bonds is 4. The van der Waals surface area contributed by atoms with Crippen molar-refractivity contribution in [2.75, 3.05) is 0 Å². The molecule has 1 aromatic rings. The first-order valence-corrected chi connectivity index (χ1v) is 4.91. The molecule has 0 fully saturated rings. The molecule has 0 bridgehead atoms. The van der Waals surface area contributed by atoms with Crippen LogP contribution in [0.3, 0.4) is 0 Å². The van der Waals surface area contributed by atoms with Crippen LogP contribution in [0.2, 0.25) is 0 Å². The largest absolute Gasteiger partial charge is 0.387 e. The second-order valence-electron chi connectivity index (χ2n) is 2.78. The second-order valence-corrected chi connectivity index (χ2v) is 3.59. The first-order chi connectivity index (χ1) is 7.50. The monoisotopic (exact) mass is 248 g/mol. The van der Waals surface area contributed by atoms with Crippen LogP contribution in [0.4, 0.5) is 13.2 Å². The Morgan fingerprint density at radius 1 is 1.31 bits per heavy atom. The summed E-state index contributed by atoms with van der Waals surface area (Å²) in [7, 11) is 0. The van der Waals surface area contributed by atoms with Crippen molar-refractivity contribution in [3.63, 3.8) is 0 Å². The van der Waals surface area contributed by atoms with E-state index < -0.39 is 12.1 Å². The van der Waals surface area contributed by atoms with Crippen LogP contribution in [0.25, 0.3) is 0 Å². The lowest BCUT2D eigenvalue weighted by molar-refractivity contribution is 0.101. The second kappa shape index (κ2) is 5.60. The van der Waals surface area contributed by atoms with E-state index in [1.54, 1.807) is 12.1 Å². The van der Waals surface area contributed by atoms with Crippen LogP contribution in [0.5, 0.6) is 0 Å². The smallest absolute Gasteiger partial charge is 0.351 e. The van der Waals surface area contributed by atoms with Gasteiger partial charge in [0.25, 0.3) is 0 Å². The Morgan fingerprint density at radius 2 is 2.00 bits per heavy atom. The molecule has 0 amide bonds. The molecule has 0 saturated carbocycles. The fraction of sp³-hybridized carbons (Fsp3) is 0.100. The van der Waals surface area contributed by atoms with Gasteiger partial charge in [-0.15, -0.1) is 0 Å². The van der Waals surface area contributed by atoms with Crippen molar-refractivity contribution in [1.82, 2.24) is 0 Å². The Balaban J connectivity index is 2.72. The molecule has 0 N–H and O–H groups in total. The van der Waals surface area contributed by atoms with E-state index in [0.29, 0.717) is 22.5 Å². The van der Waals surface area contributed by atoms with Crippen LogP contribution in [0.15, 0.2) is 41.3 Å². The number of carbonyl (C=O) groups is 1. The van der Waals surface area contributed by atoms with E-state index in [0.717, 1.165) is 0 Å². The summed E-state index contributed by atoms with van der Waals surface area (Å²) >= 11 is 0.423. The van der Waals surface area contributed by atoms with Gasteiger partial charge in [0.05, 0.1) is 12.0 Å². The van der Waals surface area contributed by atoms with Gasteiger partial charge in [-0.1, -0.05) is 12.1 Å². The molecule has 0 aromatic heterocycles. The molecule has 0 aliphatic carbocycles. The lowest BCUT2D eigenvalue weighted by atomic mass is 10.2. The minimum atomic E-state index is -2.52. The SMILES string of the molecule is CC(=O)c1cccc(SOC(F)=C(F)F)c1. The number of hydrogen-bond acceptors (Lipinski definition) is 3. The highest BCUT2D eigenvalue weighted by atomic mass is 32.2. The Morgan fingerprint density at radius 3 is 2.56 bits per heavy atom.